The first kappa shape index (κ1) is 57.5. The standard InChI is InChI=1S/C50H88NO10P/c1-8-10-12-13-14-15-16-17-18-19-22-25-29-33-45(52)34-32-38-50(54)60-46(42-59-62(55,56)58-40-39-51(5,6)7)41-57-49(53)37-31-27-24-21-20-23-26-30-36-48-44(4)43(3)47(61-48)35-28-11-9-2/h17-18,22,25,29,33,45-46,52H,8-16,19-21,23-24,26-28,30-32,34-42H2,1-7H3/p+1/b18-17+,25-22+,33-29+/t45?,46-/m1/s1. The molecular weight excluding hydrogens is 806 g/mol. The summed E-state index contributed by atoms with van der Waals surface area (Å²) in [6, 6.07) is 0. The molecule has 2 N–H and O–H groups in total. The normalized spacial score (nSPS) is 14.3. The first-order valence-electron chi connectivity index (χ1n) is 24.2. The van der Waals surface area contributed by atoms with Gasteiger partial charge in [-0.1, -0.05) is 134 Å². The lowest BCUT2D eigenvalue weighted by Crippen LogP contribution is -2.37. The molecule has 11 nitrogen and oxygen atoms in total. The molecule has 2 unspecified atom stereocenters. The molecule has 0 amide bonds. The number of likely N-dealkylation sites (N-methyl/N-ethyl adjacent to an activating group) is 1. The van der Waals surface area contributed by atoms with Crippen LogP contribution in [-0.2, 0) is 45.5 Å². The number of quaternary nitrogens is 1. The second-order valence-electron chi connectivity index (χ2n) is 17.9. The number of hydrogen-bond donors (Lipinski definition) is 2. The van der Waals surface area contributed by atoms with Crippen LogP contribution in [0.25, 0.3) is 0 Å². The summed E-state index contributed by atoms with van der Waals surface area (Å²) in [7, 11) is 1.34. The van der Waals surface area contributed by atoms with Crippen LogP contribution in [-0.4, -0.2) is 86.1 Å². The van der Waals surface area contributed by atoms with E-state index in [9.17, 15) is 24.2 Å². The number of phosphoric ester groups is 1. The number of phosphoric acid groups is 1. The summed E-state index contributed by atoms with van der Waals surface area (Å²) < 4.78 is 40.5. The van der Waals surface area contributed by atoms with Crippen molar-refractivity contribution in [1.29, 1.82) is 0 Å². The highest BCUT2D eigenvalue weighted by atomic mass is 31.2. The fourth-order valence-electron chi connectivity index (χ4n) is 6.85. The topological polar surface area (TPSA) is 142 Å². The molecule has 62 heavy (non-hydrogen) atoms. The van der Waals surface area contributed by atoms with E-state index in [-0.39, 0.29) is 26.1 Å². The minimum atomic E-state index is -4.44. The van der Waals surface area contributed by atoms with Crippen LogP contribution in [0.1, 0.15) is 184 Å². The molecule has 0 saturated carbocycles. The third-order valence-corrected chi connectivity index (χ3v) is 12.0. The van der Waals surface area contributed by atoms with Gasteiger partial charge in [-0.25, -0.2) is 4.57 Å². The predicted molar refractivity (Wildman–Crippen MR) is 252 cm³/mol. The molecule has 3 atom stereocenters. The van der Waals surface area contributed by atoms with E-state index in [2.05, 4.69) is 39.8 Å². The summed E-state index contributed by atoms with van der Waals surface area (Å²) in [6.45, 7) is 8.50. The first-order chi connectivity index (χ1) is 29.7. The van der Waals surface area contributed by atoms with E-state index in [4.69, 9.17) is 22.9 Å². The van der Waals surface area contributed by atoms with Gasteiger partial charge >= 0.3 is 19.8 Å². The van der Waals surface area contributed by atoms with Gasteiger partial charge < -0.3 is 28.4 Å². The highest BCUT2D eigenvalue weighted by Crippen LogP contribution is 2.43. The Hall–Kier alpha value is -2.53. The molecule has 0 aliphatic carbocycles. The third-order valence-electron chi connectivity index (χ3n) is 11.0. The lowest BCUT2D eigenvalue weighted by Gasteiger charge is -2.24. The number of aryl methyl sites for hydroxylation is 2. The van der Waals surface area contributed by atoms with Gasteiger partial charge in [0.2, 0.25) is 0 Å². The van der Waals surface area contributed by atoms with Crippen molar-refractivity contribution in [3.05, 3.63) is 59.1 Å². The van der Waals surface area contributed by atoms with E-state index in [1.807, 2.05) is 33.3 Å². The molecule has 12 heteroatoms. The summed E-state index contributed by atoms with van der Waals surface area (Å²) in [6.07, 6.45) is 34.8. The van der Waals surface area contributed by atoms with Gasteiger partial charge in [0.25, 0.3) is 0 Å². The number of aliphatic hydroxyl groups excluding tert-OH is 1. The largest absolute Gasteiger partial charge is 0.472 e. The fourth-order valence-corrected chi connectivity index (χ4v) is 7.59. The number of esters is 2. The van der Waals surface area contributed by atoms with Gasteiger partial charge in [0.05, 0.1) is 33.9 Å². The number of ether oxygens (including phenoxy) is 2. The van der Waals surface area contributed by atoms with Gasteiger partial charge in [-0.05, 0) is 76.3 Å². The van der Waals surface area contributed by atoms with Crippen LogP contribution in [0.5, 0.6) is 0 Å². The quantitative estimate of drug-likeness (QED) is 0.0163. The van der Waals surface area contributed by atoms with Crippen molar-refractivity contribution in [3.63, 3.8) is 0 Å². The van der Waals surface area contributed by atoms with E-state index in [1.165, 1.54) is 87.5 Å². The molecule has 0 aliphatic rings. The maximum atomic E-state index is 12.8. The van der Waals surface area contributed by atoms with Crippen molar-refractivity contribution in [3.8, 4) is 0 Å². The predicted octanol–water partition coefficient (Wildman–Crippen LogP) is 12.3. The number of carbonyl (C=O) groups is 2. The van der Waals surface area contributed by atoms with Gasteiger partial charge in [0.1, 0.15) is 31.3 Å². The summed E-state index contributed by atoms with van der Waals surface area (Å²) >= 11 is 0. The zero-order valence-corrected chi connectivity index (χ0v) is 41.1. The van der Waals surface area contributed by atoms with Crippen LogP contribution in [0.2, 0.25) is 0 Å². The molecule has 0 spiro atoms. The zero-order chi connectivity index (χ0) is 45.9. The molecular formula is C50H89NO10P+. The molecule has 0 bridgehead atoms. The second-order valence-corrected chi connectivity index (χ2v) is 19.4. The molecule has 1 heterocycles. The van der Waals surface area contributed by atoms with E-state index >= 15 is 0 Å². The molecule has 0 fully saturated rings. The minimum absolute atomic E-state index is 0.00868. The molecule has 0 saturated heterocycles. The Bertz CT molecular complexity index is 1450. The van der Waals surface area contributed by atoms with Crippen molar-refractivity contribution in [2.45, 2.75) is 200 Å². The summed E-state index contributed by atoms with van der Waals surface area (Å²) in [5, 5.41) is 10.4. The maximum Gasteiger partial charge on any atom is 0.472 e. The summed E-state index contributed by atoms with van der Waals surface area (Å²) in [5.41, 5.74) is 2.64. The van der Waals surface area contributed by atoms with Crippen LogP contribution in [0.4, 0.5) is 0 Å². The van der Waals surface area contributed by atoms with E-state index in [1.54, 1.807) is 12.2 Å². The average Bonchev–Trinajstić information content (AvgIpc) is 3.48. The highest BCUT2D eigenvalue weighted by Gasteiger charge is 2.27. The van der Waals surface area contributed by atoms with Crippen LogP contribution in [0, 0.1) is 13.8 Å². The monoisotopic (exact) mass is 895 g/mol. The maximum absolute atomic E-state index is 12.8. The Kier molecular flexibility index (Phi) is 33.2. The average molecular weight is 895 g/mol. The van der Waals surface area contributed by atoms with Gasteiger partial charge in [-0.15, -0.1) is 0 Å². The molecule has 0 aliphatic heterocycles. The smallest absolute Gasteiger partial charge is 0.466 e. The van der Waals surface area contributed by atoms with Gasteiger partial charge in [0, 0.05) is 25.7 Å². The Morgan fingerprint density at radius 2 is 1.26 bits per heavy atom. The van der Waals surface area contributed by atoms with Crippen LogP contribution in [0.15, 0.2) is 40.9 Å². The number of hydrogen-bond acceptors (Lipinski definition) is 9. The highest BCUT2D eigenvalue weighted by molar-refractivity contribution is 7.47. The van der Waals surface area contributed by atoms with Gasteiger partial charge in [-0.2, -0.15) is 0 Å². The summed E-state index contributed by atoms with van der Waals surface area (Å²) in [4.78, 5) is 35.6. The van der Waals surface area contributed by atoms with Crippen molar-refractivity contribution in [1.82, 2.24) is 0 Å². The van der Waals surface area contributed by atoms with Crippen LogP contribution >= 0.6 is 7.82 Å². The van der Waals surface area contributed by atoms with E-state index in [0.29, 0.717) is 30.3 Å². The second kappa shape index (κ2) is 35.8. The first-order valence-corrected chi connectivity index (χ1v) is 25.7. The third kappa shape index (κ3) is 32.2. The molecule has 0 aromatic carbocycles. The lowest BCUT2D eigenvalue weighted by atomic mass is 10.0. The Labute approximate surface area is 377 Å². The molecule has 1 aromatic heterocycles. The molecule has 1 aromatic rings. The van der Waals surface area contributed by atoms with Crippen molar-refractivity contribution in [2.75, 3.05) is 47.5 Å². The Morgan fingerprint density at radius 3 is 1.90 bits per heavy atom. The van der Waals surface area contributed by atoms with E-state index in [0.717, 1.165) is 63.5 Å². The Balaban J connectivity index is 2.41. The molecule has 1 rings (SSSR count). The van der Waals surface area contributed by atoms with Crippen molar-refractivity contribution < 1.29 is 51.6 Å². The number of allylic oxidation sites excluding steroid dienone is 5. The molecule has 0 radical (unpaired) electrons. The van der Waals surface area contributed by atoms with Crippen molar-refractivity contribution >= 4 is 19.8 Å². The van der Waals surface area contributed by atoms with Crippen LogP contribution < -0.4 is 0 Å². The summed E-state index contributed by atoms with van der Waals surface area (Å²) in [5.74, 6) is 1.31. The van der Waals surface area contributed by atoms with Crippen LogP contribution in [0.3, 0.4) is 0 Å². The zero-order valence-electron chi connectivity index (χ0n) is 40.2. The minimum Gasteiger partial charge on any atom is -0.466 e. The van der Waals surface area contributed by atoms with Crippen molar-refractivity contribution in [2.24, 2.45) is 0 Å². The number of carbonyl (C=O) groups excluding carboxylic acids is 2. The number of aliphatic hydroxyl groups is 1. The van der Waals surface area contributed by atoms with Gasteiger partial charge in [-0.3, -0.25) is 18.6 Å². The SMILES string of the molecule is CCCCCCCC/C=C/C/C=C/C=C/C(O)CCCC(=O)O[C@H](COC(=O)CCCCCCCCCCc1oc(CCCCC)c(C)c1C)COP(=O)(O)OCC[N+](C)(C)C. The number of nitrogens with zero attached hydrogens (tertiary/aromatic N) is 1. The molecule has 358 valence electrons. The number of rotatable bonds is 40. The number of unbranched alkanes of at least 4 members (excludes halogenated alkanes) is 15. The van der Waals surface area contributed by atoms with Gasteiger partial charge in [0.15, 0.2) is 6.10 Å². The van der Waals surface area contributed by atoms with E-state index < -0.39 is 38.6 Å². The fraction of sp³-hybridized carbons (Fsp3) is 0.760. The number of furan rings is 1. The lowest BCUT2D eigenvalue weighted by molar-refractivity contribution is -0.870. The Morgan fingerprint density at radius 1 is 0.694 bits per heavy atom.